The first kappa shape index (κ1) is 19.0. The maximum Gasteiger partial charge on any atom is 0.433 e. The lowest BCUT2D eigenvalue weighted by Gasteiger charge is -2.09. The van der Waals surface area contributed by atoms with E-state index in [1.165, 1.54) is 18.4 Å². The van der Waals surface area contributed by atoms with Gasteiger partial charge in [-0.15, -0.1) is 11.3 Å². The Morgan fingerprint density at radius 3 is 2.52 bits per heavy atom. The zero-order valence-electron chi connectivity index (χ0n) is 14.5. The van der Waals surface area contributed by atoms with Gasteiger partial charge in [0.05, 0.1) is 28.0 Å². The molecule has 0 aliphatic carbocycles. The smallest absolute Gasteiger partial charge is 0.245 e. The maximum absolute atomic E-state index is 13.9. The summed E-state index contributed by atoms with van der Waals surface area (Å²) < 4.78 is 54.3. The van der Waals surface area contributed by atoms with Gasteiger partial charge in [-0.3, -0.25) is 0 Å². The quantitative estimate of drug-likeness (QED) is 0.407. The first-order valence-corrected chi connectivity index (χ1v) is 8.48. The first-order valence-electron chi connectivity index (χ1n) is 7.66. The lowest BCUT2D eigenvalue weighted by Crippen LogP contribution is -2.11. The van der Waals surface area contributed by atoms with Gasteiger partial charge in [0, 0.05) is 11.9 Å². The van der Waals surface area contributed by atoms with Gasteiger partial charge in [0.15, 0.2) is 5.69 Å². The summed E-state index contributed by atoms with van der Waals surface area (Å²) in [6.45, 7) is 3.43. The van der Waals surface area contributed by atoms with Crippen LogP contribution in [0.3, 0.4) is 0 Å². The molecule has 0 unspecified atom stereocenters. The molecule has 142 valence electrons. The van der Waals surface area contributed by atoms with E-state index >= 15 is 0 Å². The van der Waals surface area contributed by atoms with Crippen molar-refractivity contribution in [2.24, 2.45) is 12.1 Å². The van der Waals surface area contributed by atoms with Crippen LogP contribution in [0.5, 0.6) is 0 Å². The van der Waals surface area contributed by atoms with Crippen molar-refractivity contribution in [3.05, 3.63) is 46.0 Å². The molecular formula is C16H14F4N6S. The second kappa shape index (κ2) is 7.06. The van der Waals surface area contributed by atoms with Gasteiger partial charge in [-0.2, -0.15) is 27.8 Å². The van der Waals surface area contributed by atoms with E-state index in [-0.39, 0.29) is 17.2 Å². The molecular weight excluding hydrogens is 384 g/mol. The van der Waals surface area contributed by atoms with Crippen LogP contribution in [-0.2, 0) is 13.2 Å². The van der Waals surface area contributed by atoms with E-state index in [4.69, 9.17) is 0 Å². The fraction of sp³-hybridized carbons (Fsp3) is 0.250. The van der Waals surface area contributed by atoms with Crippen LogP contribution in [0, 0.1) is 19.8 Å². The van der Waals surface area contributed by atoms with Gasteiger partial charge in [0.2, 0.25) is 11.9 Å². The van der Waals surface area contributed by atoms with Crippen molar-refractivity contribution < 1.29 is 17.6 Å². The molecule has 3 aromatic heterocycles. The van der Waals surface area contributed by atoms with E-state index in [0.717, 1.165) is 21.8 Å². The number of anilines is 1. The number of aromatic nitrogens is 4. The van der Waals surface area contributed by atoms with Gasteiger partial charge in [0.1, 0.15) is 0 Å². The molecule has 3 rings (SSSR count). The minimum absolute atomic E-state index is 0.117. The van der Waals surface area contributed by atoms with E-state index < -0.39 is 17.8 Å². The number of nitrogens with zero attached hydrogens (tertiary/aromatic N) is 5. The predicted octanol–water partition coefficient (Wildman–Crippen LogP) is 4.16. The van der Waals surface area contributed by atoms with Crippen molar-refractivity contribution in [1.29, 1.82) is 0 Å². The highest BCUT2D eigenvalue weighted by atomic mass is 32.1. The molecule has 0 spiro atoms. The van der Waals surface area contributed by atoms with E-state index in [2.05, 4.69) is 25.6 Å². The molecule has 6 nitrogen and oxygen atoms in total. The summed E-state index contributed by atoms with van der Waals surface area (Å²) in [6, 6.07) is 4.35. The third-order valence-electron chi connectivity index (χ3n) is 3.56. The molecule has 3 heterocycles. The maximum atomic E-state index is 13.9. The van der Waals surface area contributed by atoms with Crippen LogP contribution in [0.4, 0.5) is 23.5 Å². The van der Waals surface area contributed by atoms with Crippen LogP contribution in [0.2, 0.25) is 0 Å². The second-order valence-corrected chi connectivity index (χ2v) is 6.94. The zero-order chi connectivity index (χ0) is 19.8. The lowest BCUT2D eigenvalue weighted by atomic mass is 10.2. The SMILES string of the molecule is Cc1ccc(-c2cc(C(F)(F)F)nc(NN=Cc3c(C)nn(C)c3F)n2)s1. The van der Waals surface area contributed by atoms with Crippen LogP contribution in [0.25, 0.3) is 10.6 Å². The fourth-order valence-electron chi connectivity index (χ4n) is 2.29. The Morgan fingerprint density at radius 2 is 1.96 bits per heavy atom. The first-order chi connectivity index (χ1) is 12.6. The average molecular weight is 398 g/mol. The zero-order valence-corrected chi connectivity index (χ0v) is 15.3. The summed E-state index contributed by atoms with van der Waals surface area (Å²) >= 11 is 1.31. The number of rotatable bonds is 4. The number of hydrogen-bond acceptors (Lipinski definition) is 6. The van der Waals surface area contributed by atoms with Gasteiger partial charge >= 0.3 is 6.18 Å². The highest BCUT2D eigenvalue weighted by molar-refractivity contribution is 7.15. The Hall–Kier alpha value is -2.82. The van der Waals surface area contributed by atoms with Crippen molar-refractivity contribution in [2.75, 3.05) is 5.43 Å². The van der Waals surface area contributed by atoms with E-state index in [0.29, 0.717) is 10.6 Å². The summed E-state index contributed by atoms with van der Waals surface area (Å²) in [7, 11) is 1.43. The predicted molar refractivity (Wildman–Crippen MR) is 94.2 cm³/mol. The molecule has 1 N–H and O–H groups in total. The number of alkyl halides is 3. The Kier molecular flexibility index (Phi) is 4.96. The van der Waals surface area contributed by atoms with Gasteiger partial charge in [-0.1, -0.05) is 0 Å². The molecule has 0 atom stereocenters. The Bertz CT molecular complexity index is 1000. The average Bonchev–Trinajstić information content (AvgIpc) is 3.12. The normalized spacial score (nSPS) is 12.1. The van der Waals surface area contributed by atoms with Gasteiger partial charge < -0.3 is 0 Å². The largest absolute Gasteiger partial charge is 0.433 e. The van der Waals surface area contributed by atoms with E-state index in [1.54, 1.807) is 19.1 Å². The third-order valence-corrected chi connectivity index (χ3v) is 4.59. The molecule has 0 radical (unpaired) electrons. The minimum Gasteiger partial charge on any atom is -0.245 e. The molecule has 0 fully saturated rings. The fourth-order valence-corrected chi connectivity index (χ4v) is 3.12. The number of nitrogens with one attached hydrogen (secondary N) is 1. The van der Waals surface area contributed by atoms with E-state index in [9.17, 15) is 17.6 Å². The molecule has 0 aliphatic heterocycles. The Labute approximate surface area is 155 Å². The number of thiophene rings is 1. The topological polar surface area (TPSA) is 68.0 Å². The molecule has 0 aliphatic rings. The van der Waals surface area contributed by atoms with Crippen LogP contribution in [-0.4, -0.2) is 26.0 Å². The van der Waals surface area contributed by atoms with Crippen molar-refractivity contribution in [3.63, 3.8) is 0 Å². The molecule has 0 aromatic carbocycles. The van der Waals surface area contributed by atoms with Crippen molar-refractivity contribution in [2.45, 2.75) is 20.0 Å². The lowest BCUT2D eigenvalue weighted by molar-refractivity contribution is -0.141. The summed E-state index contributed by atoms with van der Waals surface area (Å²) in [5.41, 5.74) is 1.87. The number of hydrogen-bond donors (Lipinski definition) is 1. The summed E-state index contributed by atoms with van der Waals surface area (Å²) in [4.78, 5) is 9.03. The Morgan fingerprint density at radius 1 is 1.22 bits per heavy atom. The van der Waals surface area contributed by atoms with Gasteiger partial charge in [0.25, 0.3) is 0 Å². The summed E-state index contributed by atoms with van der Waals surface area (Å²) in [5.74, 6) is -0.957. The van der Waals surface area contributed by atoms with Crippen LogP contribution < -0.4 is 5.43 Å². The van der Waals surface area contributed by atoms with Gasteiger partial charge in [-0.05, 0) is 32.0 Å². The molecule has 27 heavy (non-hydrogen) atoms. The highest BCUT2D eigenvalue weighted by Crippen LogP contribution is 2.33. The third kappa shape index (κ3) is 4.13. The van der Waals surface area contributed by atoms with Crippen molar-refractivity contribution in [1.82, 2.24) is 19.7 Å². The van der Waals surface area contributed by atoms with Crippen molar-refractivity contribution >= 4 is 23.5 Å². The monoisotopic (exact) mass is 398 g/mol. The van der Waals surface area contributed by atoms with Crippen LogP contribution in [0.1, 0.15) is 21.8 Å². The molecule has 11 heteroatoms. The van der Waals surface area contributed by atoms with Crippen molar-refractivity contribution in [3.8, 4) is 10.6 Å². The minimum atomic E-state index is -4.64. The number of hydrazone groups is 1. The molecule has 0 amide bonds. The number of halogens is 4. The number of aryl methyl sites for hydroxylation is 3. The molecule has 0 saturated heterocycles. The molecule has 3 aromatic rings. The van der Waals surface area contributed by atoms with Crippen LogP contribution in [0.15, 0.2) is 23.3 Å². The summed E-state index contributed by atoms with van der Waals surface area (Å²) in [6.07, 6.45) is -3.52. The van der Waals surface area contributed by atoms with E-state index in [1.807, 2.05) is 6.92 Å². The summed E-state index contributed by atoms with van der Waals surface area (Å²) in [5, 5.41) is 7.64. The molecule has 0 bridgehead atoms. The molecule has 0 saturated carbocycles. The van der Waals surface area contributed by atoms with Crippen LogP contribution >= 0.6 is 11.3 Å². The highest BCUT2D eigenvalue weighted by Gasteiger charge is 2.34. The second-order valence-electron chi connectivity index (χ2n) is 5.65. The van der Waals surface area contributed by atoms with Gasteiger partial charge in [-0.25, -0.2) is 20.1 Å². The standard InChI is InChI=1S/C16H14F4N6S/c1-8-4-5-12(27-8)11-6-13(16(18,19)20)23-15(22-11)24-21-7-10-9(2)25-26(3)14(10)17/h4-7H,1-3H3,(H,22,23,24). The Balaban J connectivity index is 1.93.